The minimum absolute atomic E-state index is 1.08. The zero-order chi connectivity index (χ0) is 20.9. The predicted molar refractivity (Wildman–Crippen MR) is 122 cm³/mol. The smallest absolute Gasteiger partial charge is 0.450 e. The zero-order valence-electron chi connectivity index (χ0n) is 19.1. The van der Waals surface area contributed by atoms with Gasteiger partial charge in [-0.1, -0.05) is 129 Å². The molecule has 0 heterocycles. The van der Waals surface area contributed by atoms with Gasteiger partial charge in [-0.25, -0.2) is 4.79 Å². The molecule has 3 rings (SSSR count). The summed E-state index contributed by atoms with van der Waals surface area (Å²) in [6.07, 6.45) is 27.5. The molecule has 0 aromatic heterocycles. The highest BCUT2D eigenvalue weighted by atomic mass is 16.6. The van der Waals surface area contributed by atoms with Crippen molar-refractivity contribution in [2.75, 3.05) is 0 Å². The van der Waals surface area contributed by atoms with Crippen molar-refractivity contribution in [1.82, 2.24) is 0 Å². The molecule has 3 saturated carbocycles. The molecule has 0 saturated heterocycles. The third-order valence-electron chi connectivity index (χ3n) is 8.32. The molecule has 3 nitrogen and oxygen atoms in total. The lowest BCUT2D eigenvalue weighted by atomic mass is 9.73. The molecule has 0 aliphatic heterocycles. The molecular formula is C26H48O3. The highest BCUT2D eigenvalue weighted by molar-refractivity contribution is 5.53. The normalized spacial score (nSPS) is 30.9. The van der Waals surface area contributed by atoms with Gasteiger partial charge in [-0.3, -0.25) is 0 Å². The molecule has 0 aromatic rings. The molecule has 3 aliphatic rings. The van der Waals surface area contributed by atoms with Crippen LogP contribution in [0.2, 0.25) is 0 Å². The molecule has 29 heavy (non-hydrogen) atoms. The van der Waals surface area contributed by atoms with Crippen molar-refractivity contribution in [3.8, 4) is 0 Å². The molecule has 3 heteroatoms. The van der Waals surface area contributed by atoms with Crippen LogP contribution in [-0.4, -0.2) is 16.4 Å². The number of hydrogen-bond donors (Lipinski definition) is 2. The molecule has 0 spiro atoms. The van der Waals surface area contributed by atoms with Crippen molar-refractivity contribution in [1.29, 1.82) is 0 Å². The number of carbonyl (C=O) groups is 1. The van der Waals surface area contributed by atoms with Gasteiger partial charge in [0.15, 0.2) is 0 Å². The maximum absolute atomic E-state index is 8.56. The summed E-state index contributed by atoms with van der Waals surface area (Å²) in [7, 11) is 0. The van der Waals surface area contributed by atoms with Crippen molar-refractivity contribution in [2.24, 2.45) is 29.6 Å². The van der Waals surface area contributed by atoms with Crippen LogP contribution in [0.25, 0.3) is 0 Å². The number of rotatable bonds is 8. The summed E-state index contributed by atoms with van der Waals surface area (Å²) < 4.78 is 0. The van der Waals surface area contributed by atoms with Gasteiger partial charge in [0.25, 0.3) is 0 Å². The van der Waals surface area contributed by atoms with Crippen LogP contribution in [0.1, 0.15) is 129 Å². The minimum Gasteiger partial charge on any atom is -0.450 e. The quantitative estimate of drug-likeness (QED) is 0.422. The molecule has 0 bridgehead atoms. The molecule has 2 N–H and O–H groups in total. The summed E-state index contributed by atoms with van der Waals surface area (Å²) in [5.41, 5.74) is 0. The third-order valence-corrected chi connectivity index (χ3v) is 8.32. The molecule has 0 unspecified atom stereocenters. The van der Waals surface area contributed by atoms with Crippen molar-refractivity contribution >= 4 is 6.16 Å². The van der Waals surface area contributed by atoms with Crippen LogP contribution in [0.4, 0.5) is 4.79 Å². The fourth-order valence-electron chi connectivity index (χ4n) is 6.44. The van der Waals surface area contributed by atoms with E-state index < -0.39 is 6.16 Å². The van der Waals surface area contributed by atoms with Crippen molar-refractivity contribution < 1.29 is 15.0 Å². The summed E-state index contributed by atoms with van der Waals surface area (Å²) in [5, 5.41) is 13.9. The van der Waals surface area contributed by atoms with E-state index >= 15 is 0 Å². The third kappa shape index (κ3) is 10.7. The Bertz CT molecular complexity index is 410. The highest BCUT2D eigenvalue weighted by Gasteiger charge is 2.25. The van der Waals surface area contributed by atoms with Gasteiger partial charge in [0.05, 0.1) is 0 Å². The summed E-state index contributed by atoms with van der Waals surface area (Å²) in [4.78, 5) is 8.56. The van der Waals surface area contributed by atoms with Crippen LogP contribution in [0.5, 0.6) is 0 Å². The van der Waals surface area contributed by atoms with E-state index in [0.717, 1.165) is 29.6 Å². The largest absolute Gasteiger partial charge is 0.503 e. The Morgan fingerprint density at radius 3 is 1.14 bits per heavy atom. The zero-order valence-corrected chi connectivity index (χ0v) is 19.1. The first kappa shape index (κ1) is 24.5. The van der Waals surface area contributed by atoms with E-state index in [4.69, 9.17) is 15.0 Å². The molecule has 0 atom stereocenters. The number of carboxylic acid groups (broad SMARTS) is 2. The van der Waals surface area contributed by atoms with Crippen LogP contribution >= 0.6 is 0 Å². The number of hydrogen-bond acceptors (Lipinski definition) is 1. The lowest BCUT2D eigenvalue weighted by Crippen LogP contribution is -2.19. The van der Waals surface area contributed by atoms with E-state index in [1.165, 1.54) is 32.1 Å². The van der Waals surface area contributed by atoms with Gasteiger partial charge >= 0.3 is 6.16 Å². The molecular weight excluding hydrogens is 360 g/mol. The van der Waals surface area contributed by atoms with Crippen molar-refractivity contribution in [3.05, 3.63) is 0 Å². The van der Waals surface area contributed by atoms with Crippen LogP contribution in [0.15, 0.2) is 0 Å². The van der Waals surface area contributed by atoms with Crippen LogP contribution in [0, 0.1) is 29.6 Å². The summed E-state index contributed by atoms with van der Waals surface area (Å²) >= 11 is 0. The summed E-state index contributed by atoms with van der Waals surface area (Å²) in [6, 6.07) is 0. The van der Waals surface area contributed by atoms with Gasteiger partial charge in [-0.2, -0.15) is 0 Å². The molecule has 3 fully saturated rings. The van der Waals surface area contributed by atoms with Crippen LogP contribution in [-0.2, 0) is 0 Å². The SMILES string of the molecule is CCCC1CCC(CCC2CCC(CCC3CCCCC3)CC2)CC1.O=C(O)O. The molecule has 0 radical (unpaired) electrons. The molecule has 0 amide bonds. The Morgan fingerprint density at radius 1 is 0.552 bits per heavy atom. The van der Waals surface area contributed by atoms with E-state index in [2.05, 4.69) is 6.92 Å². The van der Waals surface area contributed by atoms with E-state index in [0.29, 0.717) is 0 Å². The Hall–Kier alpha value is -0.730. The van der Waals surface area contributed by atoms with Gasteiger partial charge in [-0.05, 0) is 29.6 Å². The van der Waals surface area contributed by atoms with Gasteiger partial charge in [0, 0.05) is 0 Å². The highest BCUT2D eigenvalue weighted by Crippen LogP contribution is 2.39. The second kappa shape index (κ2) is 14.3. The summed E-state index contributed by atoms with van der Waals surface area (Å²) in [6.45, 7) is 2.36. The standard InChI is InChI=1S/C25H46.CH2O3/c1-2-6-21-9-12-23(13-10-21)15-18-25-19-16-24(17-20-25)14-11-22-7-4-3-5-8-22;2-1(3)4/h21-25H,2-20H2,1H3;(H2,2,3,4). The van der Waals surface area contributed by atoms with Gasteiger partial charge in [0.2, 0.25) is 0 Å². The lowest BCUT2D eigenvalue weighted by molar-refractivity contribution is 0.137. The maximum atomic E-state index is 8.56. The average Bonchev–Trinajstić information content (AvgIpc) is 2.73. The maximum Gasteiger partial charge on any atom is 0.503 e. The van der Waals surface area contributed by atoms with E-state index in [1.54, 1.807) is 89.9 Å². The first-order valence-corrected chi connectivity index (χ1v) is 13.0. The minimum atomic E-state index is -1.83. The second-order valence-electron chi connectivity index (χ2n) is 10.5. The Balaban J connectivity index is 0.000000687. The first-order valence-electron chi connectivity index (χ1n) is 13.0. The van der Waals surface area contributed by atoms with E-state index in [9.17, 15) is 0 Å². The Kier molecular flexibility index (Phi) is 12.1. The van der Waals surface area contributed by atoms with E-state index in [1.807, 2.05) is 0 Å². The summed E-state index contributed by atoms with van der Waals surface area (Å²) in [5.74, 6) is 5.48. The topological polar surface area (TPSA) is 57.5 Å². The fraction of sp³-hybridized carbons (Fsp3) is 0.962. The van der Waals surface area contributed by atoms with Crippen LogP contribution in [0.3, 0.4) is 0 Å². The molecule has 0 aromatic carbocycles. The lowest BCUT2D eigenvalue weighted by Gasteiger charge is -2.32. The fourth-order valence-corrected chi connectivity index (χ4v) is 6.44. The predicted octanol–water partition coefficient (Wildman–Crippen LogP) is 8.76. The van der Waals surface area contributed by atoms with Gasteiger partial charge in [-0.15, -0.1) is 0 Å². The average molecular weight is 409 g/mol. The monoisotopic (exact) mass is 408 g/mol. The molecule has 3 aliphatic carbocycles. The van der Waals surface area contributed by atoms with Crippen molar-refractivity contribution in [2.45, 2.75) is 129 Å². The Morgan fingerprint density at radius 2 is 0.828 bits per heavy atom. The van der Waals surface area contributed by atoms with E-state index in [-0.39, 0.29) is 0 Å². The first-order chi connectivity index (χ1) is 14.1. The van der Waals surface area contributed by atoms with Gasteiger partial charge in [0.1, 0.15) is 0 Å². The van der Waals surface area contributed by atoms with Gasteiger partial charge < -0.3 is 10.2 Å². The van der Waals surface area contributed by atoms with Crippen molar-refractivity contribution in [3.63, 3.8) is 0 Å². The Labute approximate surface area is 180 Å². The molecule has 170 valence electrons. The van der Waals surface area contributed by atoms with Crippen LogP contribution < -0.4 is 0 Å². The second-order valence-corrected chi connectivity index (χ2v) is 10.5.